The number of nitrogens with one attached hydrogen (secondary N) is 2. The normalized spacial score (nSPS) is 16.2. The summed E-state index contributed by atoms with van der Waals surface area (Å²) in [5.74, 6) is -1.32. The number of carbonyl (C=O) groups is 3. The fraction of sp³-hybridized carbons (Fsp3) is 0.333. The van der Waals surface area contributed by atoms with E-state index in [0.717, 1.165) is 10.6 Å². The van der Waals surface area contributed by atoms with E-state index in [1.54, 1.807) is 6.92 Å². The molecule has 16 heavy (non-hydrogen) atoms. The van der Waals surface area contributed by atoms with Gasteiger partial charge in [-0.1, -0.05) is 0 Å². The number of aromatic amines is 1. The third-order valence-electron chi connectivity index (χ3n) is 2.21. The number of carbonyl (C=O) groups excluding carboxylic acids is 3. The van der Waals surface area contributed by atoms with Crippen molar-refractivity contribution in [3.63, 3.8) is 0 Å². The Kier molecular flexibility index (Phi) is 2.43. The highest BCUT2D eigenvalue weighted by atomic mass is 16.2. The van der Waals surface area contributed by atoms with Crippen molar-refractivity contribution in [1.82, 2.24) is 20.4 Å². The SMILES string of the molecule is Cc1cc(C(=O)N2CC(=O)NCC2=O)n[nH]1. The van der Waals surface area contributed by atoms with E-state index in [2.05, 4.69) is 15.5 Å². The van der Waals surface area contributed by atoms with Crippen molar-refractivity contribution in [1.29, 1.82) is 0 Å². The molecule has 0 atom stereocenters. The zero-order valence-corrected chi connectivity index (χ0v) is 8.61. The van der Waals surface area contributed by atoms with E-state index >= 15 is 0 Å². The van der Waals surface area contributed by atoms with Crippen LogP contribution in [-0.2, 0) is 9.59 Å². The molecule has 1 aromatic heterocycles. The first-order valence-electron chi connectivity index (χ1n) is 4.71. The Morgan fingerprint density at radius 1 is 1.50 bits per heavy atom. The highest BCUT2D eigenvalue weighted by molar-refractivity contribution is 6.08. The second kappa shape index (κ2) is 3.76. The molecule has 0 radical (unpaired) electrons. The molecule has 1 fully saturated rings. The van der Waals surface area contributed by atoms with Gasteiger partial charge in [0.15, 0.2) is 5.69 Å². The lowest BCUT2D eigenvalue weighted by atomic mass is 10.3. The molecule has 1 aromatic rings. The molecule has 0 bridgehead atoms. The van der Waals surface area contributed by atoms with E-state index in [1.807, 2.05) is 0 Å². The highest BCUT2D eigenvalue weighted by Crippen LogP contribution is 2.05. The summed E-state index contributed by atoms with van der Waals surface area (Å²) in [4.78, 5) is 35.2. The molecule has 1 aliphatic heterocycles. The number of hydrogen-bond donors (Lipinski definition) is 2. The van der Waals surface area contributed by atoms with Gasteiger partial charge in [-0.05, 0) is 13.0 Å². The molecule has 0 aromatic carbocycles. The summed E-state index contributed by atoms with van der Waals surface area (Å²) >= 11 is 0. The molecule has 0 aliphatic carbocycles. The predicted octanol–water partition coefficient (Wildman–Crippen LogP) is -1.18. The second-order valence-corrected chi connectivity index (χ2v) is 3.50. The first kappa shape index (κ1) is 10.3. The fourth-order valence-electron chi connectivity index (χ4n) is 1.41. The average molecular weight is 222 g/mol. The molecule has 1 aliphatic rings. The monoisotopic (exact) mass is 222 g/mol. The third kappa shape index (κ3) is 1.79. The van der Waals surface area contributed by atoms with Gasteiger partial charge < -0.3 is 5.32 Å². The van der Waals surface area contributed by atoms with Crippen molar-refractivity contribution in [2.75, 3.05) is 13.1 Å². The number of aromatic nitrogens is 2. The smallest absolute Gasteiger partial charge is 0.281 e. The molecule has 1 saturated heterocycles. The van der Waals surface area contributed by atoms with E-state index in [4.69, 9.17) is 0 Å². The van der Waals surface area contributed by atoms with Crippen LogP contribution in [0, 0.1) is 6.92 Å². The second-order valence-electron chi connectivity index (χ2n) is 3.50. The van der Waals surface area contributed by atoms with Gasteiger partial charge >= 0.3 is 0 Å². The fourth-order valence-corrected chi connectivity index (χ4v) is 1.41. The molecule has 7 heteroatoms. The van der Waals surface area contributed by atoms with E-state index in [1.165, 1.54) is 6.07 Å². The molecule has 0 saturated carbocycles. The molecule has 7 nitrogen and oxygen atoms in total. The van der Waals surface area contributed by atoms with Crippen LogP contribution in [0.2, 0.25) is 0 Å². The zero-order valence-electron chi connectivity index (χ0n) is 8.61. The summed E-state index contributed by atoms with van der Waals surface area (Å²) in [5.41, 5.74) is 0.859. The van der Waals surface area contributed by atoms with Crippen LogP contribution >= 0.6 is 0 Å². The van der Waals surface area contributed by atoms with Crippen LogP contribution in [0.1, 0.15) is 16.2 Å². The Labute approximate surface area is 90.8 Å². The van der Waals surface area contributed by atoms with Gasteiger partial charge in [-0.3, -0.25) is 24.4 Å². The summed E-state index contributed by atoms with van der Waals surface area (Å²) < 4.78 is 0. The van der Waals surface area contributed by atoms with Crippen molar-refractivity contribution in [2.24, 2.45) is 0 Å². The van der Waals surface area contributed by atoms with Crippen LogP contribution in [-0.4, -0.2) is 45.9 Å². The maximum absolute atomic E-state index is 11.8. The van der Waals surface area contributed by atoms with Gasteiger partial charge in [0.05, 0.1) is 6.54 Å². The van der Waals surface area contributed by atoms with Gasteiger partial charge in [0.25, 0.3) is 5.91 Å². The number of H-pyrrole nitrogens is 1. The minimum atomic E-state index is -0.552. The van der Waals surface area contributed by atoms with Gasteiger partial charge in [0.1, 0.15) is 6.54 Å². The first-order valence-corrected chi connectivity index (χ1v) is 4.71. The Balaban J connectivity index is 2.20. The van der Waals surface area contributed by atoms with Crippen LogP contribution in [0.3, 0.4) is 0 Å². The Morgan fingerprint density at radius 3 is 2.88 bits per heavy atom. The maximum Gasteiger partial charge on any atom is 0.281 e. The number of aryl methyl sites for hydroxylation is 1. The lowest BCUT2D eigenvalue weighted by molar-refractivity contribution is -0.138. The van der Waals surface area contributed by atoms with Gasteiger partial charge in [0, 0.05) is 5.69 Å². The summed E-state index contributed by atoms with van der Waals surface area (Å²) in [6.45, 7) is 1.35. The number of hydrogen-bond acceptors (Lipinski definition) is 4. The Morgan fingerprint density at radius 2 is 2.25 bits per heavy atom. The van der Waals surface area contributed by atoms with Crippen LogP contribution in [0.15, 0.2) is 6.07 Å². The molecular weight excluding hydrogens is 212 g/mol. The van der Waals surface area contributed by atoms with Crippen LogP contribution in [0.4, 0.5) is 0 Å². The molecule has 0 spiro atoms. The van der Waals surface area contributed by atoms with E-state index < -0.39 is 11.8 Å². The molecule has 2 rings (SSSR count). The predicted molar refractivity (Wildman–Crippen MR) is 52.4 cm³/mol. The van der Waals surface area contributed by atoms with Crippen molar-refractivity contribution >= 4 is 17.7 Å². The number of piperazine rings is 1. The lowest BCUT2D eigenvalue weighted by Crippen LogP contribution is -2.53. The van der Waals surface area contributed by atoms with Crippen molar-refractivity contribution in [3.8, 4) is 0 Å². The number of nitrogens with zero attached hydrogens (tertiary/aromatic N) is 2. The van der Waals surface area contributed by atoms with Crippen molar-refractivity contribution in [3.05, 3.63) is 17.5 Å². The van der Waals surface area contributed by atoms with Crippen LogP contribution < -0.4 is 5.32 Å². The van der Waals surface area contributed by atoms with Gasteiger partial charge in [-0.25, -0.2) is 0 Å². The van der Waals surface area contributed by atoms with E-state index in [9.17, 15) is 14.4 Å². The topological polar surface area (TPSA) is 95.2 Å². The third-order valence-corrected chi connectivity index (χ3v) is 2.21. The Bertz CT molecular complexity index is 465. The van der Waals surface area contributed by atoms with Crippen LogP contribution in [0.25, 0.3) is 0 Å². The quantitative estimate of drug-likeness (QED) is 0.584. The first-order chi connectivity index (χ1) is 7.58. The molecule has 0 unspecified atom stereocenters. The van der Waals surface area contributed by atoms with Crippen molar-refractivity contribution in [2.45, 2.75) is 6.92 Å². The van der Waals surface area contributed by atoms with Crippen LogP contribution in [0.5, 0.6) is 0 Å². The van der Waals surface area contributed by atoms with E-state index in [-0.39, 0.29) is 24.7 Å². The zero-order chi connectivity index (χ0) is 11.7. The maximum atomic E-state index is 11.8. The Hall–Kier alpha value is -2.18. The minimum Gasteiger partial charge on any atom is -0.345 e. The molecule has 2 N–H and O–H groups in total. The van der Waals surface area contributed by atoms with Crippen molar-refractivity contribution < 1.29 is 14.4 Å². The highest BCUT2D eigenvalue weighted by Gasteiger charge is 2.30. The largest absolute Gasteiger partial charge is 0.345 e. The number of imide groups is 1. The van der Waals surface area contributed by atoms with Gasteiger partial charge in [-0.2, -0.15) is 5.10 Å². The van der Waals surface area contributed by atoms with Gasteiger partial charge in [-0.15, -0.1) is 0 Å². The summed E-state index contributed by atoms with van der Waals surface area (Å²) in [6.07, 6.45) is 0. The molecule has 3 amide bonds. The number of amides is 3. The molecular formula is C9H10N4O3. The minimum absolute atomic E-state index is 0.139. The van der Waals surface area contributed by atoms with Gasteiger partial charge in [0.2, 0.25) is 11.8 Å². The lowest BCUT2D eigenvalue weighted by Gasteiger charge is -2.23. The average Bonchev–Trinajstić information content (AvgIpc) is 2.67. The summed E-state index contributed by atoms with van der Waals surface area (Å²) in [7, 11) is 0. The molecule has 84 valence electrons. The molecule has 2 heterocycles. The summed E-state index contributed by atoms with van der Waals surface area (Å²) in [6, 6.07) is 1.53. The number of rotatable bonds is 1. The van der Waals surface area contributed by atoms with E-state index in [0.29, 0.717) is 0 Å². The standard InChI is InChI=1S/C9H10N4O3/c1-5-2-6(12-11-5)9(16)13-4-7(14)10-3-8(13)15/h2H,3-4H2,1H3,(H,10,14)(H,11,12). The summed E-state index contributed by atoms with van der Waals surface area (Å²) in [5, 5.41) is 8.72.